The zero-order valence-electron chi connectivity index (χ0n) is 14.5. The fourth-order valence-corrected chi connectivity index (χ4v) is 3.51. The number of halogens is 1. The van der Waals surface area contributed by atoms with E-state index in [9.17, 15) is 4.79 Å². The largest absolute Gasteiger partial charge is 0.496 e. The fraction of sp³-hybridized carbons (Fsp3) is 0.190. The number of fused-ring (bicyclic) bond motifs is 1. The molecule has 4 heteroatoms. The van der Waals surface area contributed by atoms with E-state index in [1.54, 1.807) is 7.11 Å². The molecule has 0 aliphatic rings. The Hall–Kier alpha value is -2.33. The van der Waals surface area contributed by atoms with Crippen LogP contribution >= 0.6 is 15.9 Å². The van der Waals surface area contributed by atoms with Crippen molar-refractivity contribution in [3.63, 3.8) is 0 Å². The molecule has 0 aliphatic carbocycles. The van der Waals surface area contributed by atoms with E-state index in [2.05, 4.69) is 27.3 Å². The predicted octanol–water partition coefficient (Wildman–Crippen LogP) is 5.41. The van der Waals surface area contributed by atoms with Gasteiger partial charge in [-0.2, -0.15) is 0 Å². The monoisotopic (exact) mass is 397 g/mol. The van der Waals surface area contributed by atoms with Crippen molar-refractivity contribution in [1.82, 2.24) is 0 Å². The van der Waals surface area contributed by atoms with Crippen molar-refractivity contribution in [3.8, 4) is 5.75 Å². The van der Waals surface area contributed by atoms with Gasteiger partial charge in [-0.15, -0.1) is 0 Å². The molecule has 1 amide bonds. The molecule has 0 aromatic heterocycles. The summed E-state index contributed by atoms with van der Waals surface area (Å²) in [7, 11) is 1.63. The highest BCUT2D eigenvalue weighted by atomic mass is 79.9. The topological polar surface area (TPSA) is 38.3 Å². The molecule has 0 unspecified atom stereocenters. The molecular weight excluding hydrogens is 378 g/mol. The molecule has 1 N–H and O–H groups in total. The van der Waals surface area contributed by atoms with Gasteiger partial charge in [0, 0.05) is 15.7 Å². The van der Waals surface area contributed by atoms with Crippen LogP contribution in [0.3, 0.4) is 0 Å². The molecule has 25 heavy (non-hydrogen) atoms. The number of carbonyl (C=O) groups excluding carboxylic acids is 1. The van der Waals surface area contributed by atoms with Gasteiger partial charge >= 0.3 is 0 Å². The number of nitrogens with one attached hydrogen (secondary N) is 1. The average molecular weight is 398 g/mol. The number of hydrogen-bond acceptors (Lipinski definition) is 2. The number of rotatable bonds is 4. The number of methoxy groups -OCH3 is 1. The minimum Gasteiger partial charge on any atom is -0.496 e. The summed E-state index contributed by atoms with van der Waals surface area (Å²) in [6, 6.07) is 16.0. The number of aryl methyl sites for hydroxylation is 2. The van der Waals surface area contributed by atoms with Gasteiger partial charge in [0.25, 0.3) is 0 Å². The van der Waals surface area contributed by atoms with Crippen LogP contribution in [0.4, 0.5) is 5.69 Å². The molecule has 0 radical (unpaired) electrons. The Labute approximate surface area is 156 Å². The molecule has 0 heterocycles. The number of benzene rings is 3. The van der Waals surface area contributed by atoms with Gasteiger partial charge in [-0.3, -0.25) is 4.79 Å². The van der Waals surface area contributed by atoms with E-state index in [0.29, 0.717) is 0 Å². The first-order chi connectivity index (χ1) is 12.0. The molecule has 0 fully saturated rings. The van der Waals surface area contributed by atoms with Crippen molar-refractivity contribution in [2.75, 3.05) is 12.4 Å². The number of ether oxygens (including phenoxy) is 1. The van der Waals surface area contributed by atoms with Crippen LogP contribution in [-0.4, -0.2) is 13.0 Å². The van der Waals surface area contributed by atoms with Gasteiger partial charge in [0.05, 0.1) is 13.5 Å². The maximum Gasteiger partial charge on any atom is 0.228 e. The lowest BCUT2D eigenvalue weighted by Gasteiger charge is -2.13. The van der Waals surface area contributed by atoms with Gasteiger partial charge < -0.3 is 10.1 Å². The Balaban J connectivity index is 1.92. The van der Waals surface area contributed by atoms with Crippen LogP contribution in [0.5, 0.6) is 5.75 Å². The first-order valence-electron chi connectivity index (χ1n) is 8.09. The lowest BCUT2D eigenvalue weighted by atomic mass is 10.0. The number of carbonyl (C=O) groups is 1. The lowest BCUT2D eigenvalue weighted by Crippen LogP contribution is -2.15. The minimum absolute atomic E-state index is 0.0567. The molecule has 0 saturated carbocycles. The molecule has 0 saturated heterocycles. The average Bonchev–Trinajstić information content (AvgIpc) is 2.53. The first kappa shape index (κ1) is 17.5. The molecular formula is C21H20BrNO2. The highest BCUT2D eigenvalue weighted by molar-refractivity contribution is 9.10. The van der Waals surface area contributed by atoms with Crippen LogP contribution in [0.1, 0.15) is 16.7 Å². The Kier molecular flexibility index (Phi) is 5.09. The van der Waals surface area contributed by atoms with Crippen molar-refractivity contribution in [1.29, 1.82) is 0 Å². The standard InChI is InChI=1S/C21H20BrNO2/c1-13-8-14(2)10-17(9-13)23-21(24)12-19-18-6-5-16(22)11-15(18)4-7-20(19)25-3/h4-11H,12H2,1-3H3,(H,23,24). The third-order valence-corrected chi connectivity index (χ3v) is 4.61. The van der Waals surface area contributed by atoms with Crippen LogP contribution in [0.2, 0.25) is 0 Å². The van der Waals surface area contributed by atoms with E-state index in [-0.39, 0.29) is 12.3 Å². The molecule has 3 rings (SSSR count). The minimum atomic E-state index is -0.0567. The van der Waals surface area contributed by atoms with Crippen molar-refractivity contribution in [2.24, 2.45) is 0 Å². The van der Waals surface area contributed by atoms with Gasteiger partial charge in [0.2, 0.25) is 5.91 Å². The quantitative estimate of drug-likeness (QED) is 0.638. The van der Waals surface area contributed by atoms with Gasteiger partial charge in [0.15, 0.2) is 0 Å². The van der Waals surface area contributed by atoms with E-state index >= 15 is 0 Å². The van der Waals surface area contributed by atoms with Crippen LogP contribution in [-0.2, 0) is 11.2 Å². The number of hydrogen-bond donors (Lipinski definition) is 1. The third kappa shape index (κ3) is 4.02. The van der Waals surface area contributed by atoms with Crippen molar-refractivity contribution in [2.45, 2.75) is 20.3 Å². The fourth-order valence-electron chi connectivity index (χ4n) is 3.13. The smallest absolute Gasteiger partial charge is 0.228 e. The summed E-state index contributed by atoms with van der Waals surface area (Å²) in [5, 5.41) is 5.10. The predicted molar refractivity (Wildman–Crippen MR) is 106 cm³/mol. The Morgan fingerprint density at radius 2 is 1.76 bits per heavy atom. The SMILES string of the molecule is COc1ccc2cc(Br)ccc2c1CC(=O)Nc1cc(C)cc(C)c1. The summed E-state index contributed by atoms with van der Waals surface area (Å²) in [4.78, 5) is 12.6. The van der Waals surface area contributed by atoms with E-state index in [1.807, 2.05) is 56.3 Å². The zero-order valence-corrected chi connectivity index (χ0v) is 16.1. The second kappa shape index (κ2) is 7.28. The molecule has 3 nitrogen and oxygen atoms in total. The van der Waals surface area contributed by atoms with Crippen molar-refractivity contribution >= 4 is 38.3 Å². The lowest BCUT2D eigenvalue weighted by molar-refractivity contribution is -0.115. The summed E-state index contributed by atoms with van der Waals surface area (Å²) >= 11 is 3.49. The van der Waals surface area contributed by atoms with E-state index in [1.165, 1.54) is 0 Å². The van der Waals surface area contributed by atoms with E-state index in [0.717, 1.165) is 43.4 Å². The summed E-state index contributed by atoms with van der Waals surface area (Å²) in [6.45, 7) is 4.04. The third-order valence-electron chi connectivity index (χ3n) is 4.11. The molecule has 0 atom stereocenters. The maximum atomic E-state index is 12.6. The van der Waals surface area contributed by atoms with Gasteiger partial charge in [0.1, 0.15) is 5.75 Å². The highest BCUT2D eigenvalue weighted by Crippen LogP contribution is 2.30. The summed E-state index contributed by atoms with van der Waals surface area (Å²) in [5.41, 5.74) is 3.98. The highest BCUT2D eigenvalue weighted by Gasteiger charge is 2.13. The molecule has 0 aliphatic heterocycles. The molecule has 0 spiro atoms. The van der Waals surface area contributed by atoms with Crippen molar-refractivity contribution < 1.29 is 9.53 Å². The Morgan fingerprint density at radius 1 is 1.04 bits per heavy atom. The summed E-state index contributed by atoms with van der Waals surface area (Å²) in [5.74, 6) is 0.670. The number of anilines is 1. The Bertz CT molecular complexity index is 930. The van der Waals surface area contributed by atoms with E-state index in [4.69, 9.17) is 4.74 Å². The number of amides is 1. The normalized spacial score (nSPS) is 10.7. The molecule has 0 bridgehead atoms. The molecule has 128 valence electrons. The van der Waals surface area contributed by atoms with Gasteiger partial charge in [-0.25, -0.2) is 0 Å². The second-order valence-corrected chi connectivity index (χ2v) is 7.13. The van der Waals surface area contributed by atoms with Crippen LogP contribution in [0.25, 0.3) is 10.8 Å². The van der Waals surface area contributed by atoms with Crippen LogP contribution < -0.4 is 10.1 Å². The molecule has 3 aromatic rings. The first-order valence-corrected chi connectivity index (χ1v) is 8.89. The van der Waals surface area contributed by atoms with Crippen LogP contribution in [0, 0.1) is 13.8 Å². The van der Waals surface area contributed by atoms with Gasteiger partial charge in [-0.05, 0) is 66.1 Å². The van der Waals surface area contributed by atoms with Crippen LogP contribution in [0.15, 0.2) is 53.0 Å². The zero-order chi connectivity index (χ0) is 18.0. The summed E-state index contributed by atoms with van der Waals surface area (Å²) < 4.78 is 6.49. The van der Waals surface area contributed by atoms with Crippen molar-refractivity contribution in [3.05, 3.63) is 69.7 Å². The van der Waals surface area contributed by atoms with Gasteiger partial charge in [-0.1, -0.05) is 34.1 Å². The maximum absolute atomic E-state index is 12.6. The van der Waals surface area contributed by atoms with E-state index < -0.39 is 0 Å². The second-order valence-electron chi connectivity index (χ2n) is 6.21. The summed E-state index contributed by atoms with van der Waals surface area (Å²) in [6.07, 6.45) is 0.259. The molecule has 3 aromatic carbocycles. The Morgan fingerprint density at radius 3 is 2.44 bits per heavy atom.